The Morgan fingerprint density at radius 2 is 1.79 bits per heavy atom. The average Bonchev–Trinajstić information content (AvgIpc) is 3.84. The number of pyridine rings is 1. The molecule has 0 bridgehead atoms. The van der Waals surface area contributed by atoms with Gasteiger partial charge in [0.05, 0.1) is 39.9 Å². The summed E-state index contributed by atoms with van der Waals surface area (Å²) in [5, 5.41) is 24.1. The molecule has 2 fully saturated rings. The number of fused-ring (bicyclic) bond motifs is 1. The molecular formula is C40H39ClF6N8O3. The zero-order chi connectivity index (χ0) is 42.1. The van der Waals surface area contributed by atoms with Gasteiger partial charge in [-0.15, -0.1) is 0 Å². The minimum atomic E-state index is -3.63. The molecule has 2 saturated carbocycles. The van der Waals surface area contributed by atoms with Gasteiger partial charge in [-0.2, -0.15) is 13.9 Å². The van der Waals surface area contributed by atoms with Crippen LogP contribution in [0, 0.1) is 23.5 Å². The molecule has 2 aliphatic carbocycles. The van der Waals surface area contributed by atoms with Crippen molar-refractivity contribution in [3.8, 4) is 23.0 Å². The van der Waals surface area contributed by atoms with Crippen LogP contribution in [0.2, 0.25) is 5.02 Å². The lowest BCUT2D eigenvalue weighted by atomic mass is 9.93. The van der Waals surface area contributed by atoms with Crippen LogP contribution in [0.25, 0.3) is 22.0 Å². The number of halogens is 7. The fraction of sp³-hybridized carbons (Fsp3) is 0.375. The summed E-state index contributed by atoms with van der Waals surface area (Å²) in [6.45, 7) is 1.99. The van der Waals surface area contributed by atoms with Gasteiger partial charge in [-0.05, 0) is 81.3 Å². The fourth-order valence-corrected chi connectivity index (χ4v) is 6.82. The van der Waals surface area contributed by atoms with Gasteiger partial charge in [0.15, 0.2) is 5.82 Å². The van der Waals surface area contributed by atoms with Gasteiger partial charge >= 0.3 is 0 Å². The number of benzene rings is 2. The smallest absolute Gasteiger partial charge is 0.289 e. The van der Waals surface area contributed by atoms with Crippen molar-refractivity contribution in [2.45, 2.75) is 76.0 Å². The molecule has 2 heterocycles. The predicted molar refractivity (Wildman–Crippen MR) is 206 cm³/mol. The fourth-order valence-electron chi connectivity index (χ4n) is 6.57. The number of carbonyl (C=O) groups is 2. The summed E-state index contributed by atoms with van der Waals surface area (Å²) in [6, 6.07) is 8.10. The number of aromatic nitrogens is 3. The van der Waals surface area contributed by atoms with Crippen molar-refractivity contribution < 1.29 is 41.0 Å². The maximum absolute atomic E-state index is 14.8. The minimum absolute atomic E-state index is 0.0453. The normalized spacial score (nSPS) is 17.3. The summed E-state index contributed by atoms with van der Waals surface area (Å²) in [4.78, 5) is 35.0. The van der Waals surface area contributed by atoms with E-state index in [2.05, 4.69) is 37.9 Å². The number of hydrogen-bond acceptors (Lipinski definition) is 8. The molecule has 0 spiro atoms. The number of allylic oxidation sites excluding steroid dienone is 2. The number of aliphatic hydroxyl groups is 1. The number of hydrogen-bond donors (Lipinski definition) is 5. The lowest BCUT2D eigenvalue weighted by molar-refractivity contribution is -0.120. The van der Waals surface area contributed by atoms with Crippen LogP contribution < -0.4 is 21.7 Å². The Hall–Kier alpha value is -5.44. The Morgan fingerprint density at radius 3 is 2.45 bits per heavy atom. The third-order valence-electron chi connectivity index (χ3n) is 9.35. The van der Waals surface area contributed by atoms with E-state index < -0.39 is 77.9 Å². The van der Waals surface area contributed by atoms with Crippen LogP contribution in [0.3, 0.4) is 0 Å². The summed E-state index contributed by atoms with van der Waals surface area (Å²) in [6.07, 6.45) is -2.90. The van der Waals surface area contributed by atoms with Crippen molar-refractivity contribution in [1.29, 1.82) is 0 Å². The predicted octanol–water partition coefficient (Wildman–Crippen LogP) is 6.13. The number of alkyl halides is 4. The van der Waals surface area contributed by atoms with Crippen LogP contribution in [-0.2, 0) is 23.1 Å². The van der Waals surface area contributed by atoms with Crippen LogP contribution in [0.1, 0.15) is 62.5 Å². The molecule has 2 aromatic carbocycles. The maximum Gasteiger partial charge on any atom is 0.289 e. The van der Waals surface area contributed by atoms with E-state index in [1.54, 1.807) is 25.2 Å². The SMILES string of the molecule is Cn1nc(NC(=O)CNC2CC2)c2c(Cl)ccc(-c3ccc(C#CC(C)(C)O)nc3C(Cc3cc(F)cc(F)c3)NC(=O)CN=C3C(=C(N)C(F)F)CCC3(F)F)c21. The standard InChI is InChI=1S/C40H39ClF6N8O3/c1-39(2,58)12-10-24-6-7-25(26-8-9-28(41)32-35(26)55(3)54-38(32)53-31(57)18-49-23-4-5-23)34(51-24)29(16-20-14-21(42)17-22(43)15-20)52-30(56)19-50-36-27(33(48)37(44)45)11-13-40(36,46)47/h6-9,14-15,17,23,29,37,49,58H,4-5,11,13,16,18-19,48H2,1-3H3,(H,52,56)(H,53,54,57). The van der Waals surface area contributed by atoms with Gasteiger partial charge in [0.2, 0.25) is 11.8 Å². The highest BCUT2D eigenvalue weighted by atomic mass is 35.5. The molecule has 1 atom stereocenters. The number of carbonyl (C=O) groups excluding carboxylic acids is 2. The van der Waals surface area contributed by atoms with E-state index in [0.717, 1.165) is 25.0 Å². The second-order valence-corrected chi connectivity index (χ2v) is 15.0. The first-order chi connectivity index (χ1) is 27.3. The van der Waals surface area contributed by atoms with Crippen molar-refractivity contribution >= 4 is 45.8 Å². The Bertz CT molecular complexity index is 2370. The second kappa shape index (κ2) is 16.8. The van der Waals surface area contributed by atoms with Crippen molar-refractivity contribution in [2.75, 3.05) is 18.4 Å². The molecule has 1 unspecified atom stereocenters. The average molecular weight is 829 g/mol. The molecule has 0 aliphatic heterocycles. The number of anilines is 1. The Labute approximate surface area is 334 Å². The van der Waals surface area contributed by atoms with E-state index in [4.69, 9.17) is 22.3 Å². The molecule has 0 radical (unpaired) electrons. The summed E-state index contributed by atoms with van der Waals surface area (Å²) >= 11 is 6.70. The van der Waals surface area contributed by atoms with Crippen molar-refractivity contribution in [1.82, 2.24) is 25.4 Å². The van der Waals surface area contributed by atoms with Crippen LogP contribution in [0.15, 0.2) is 58.7 Å². The molecule has 2 aliphatic rings. The van der Waals surface area contributed by atoms with E-state index in [1.165, 1.54) is 24.6 Å². The molecule has 2 amide bonds. The highest BCUT2D eigenvalue weighted by Gasteiger charge is 2.45. The number of nitrogens with zero attached hydrogens (tertiary/aromatic N) is 4. The van der Waals surface area contributed by atoms with Gasteiger partial charge in [0, 0.05) is 42.3 Å². The zero-order valence-corrected chi connectivity index (χ0v) is 32.3. The highest BCUT2D eigenvalue weighted by molar-refractivity contribution is 6.37. The van der Waals surface area contributed by atoms with Crippen LogP contribution in [0.4, 0.5) is 32.2 Å². The number of nitrogens with two attached hydrogens (primary N) is 1. The van der Waals surface area contributed by atoms with Gasteiger partial charge in [-0.1, -0.05) is 23.6 Å². The topological polar surface area (TPSA) is 160 Å². The van der Waals surface area contributed by atoms with E-state index in [0.29, 0.717) is 28.1 Å². The number of aliphatic imine (C=N–C) groups is 1. The first kappa shape index (κ1) is 42.2. The van der Waals surface area contributed by atoms with E-state index >= 15 is 0 Å². The molecule has 11 nitrogen and oxygen atoms in total. The third kappa shape index (κ3) is 9.98. The lowest BCUT2D eigenvalue weighted by Gasteiger charge is -2.22. The van der Waals surface area contributed by atoms with E-state index in [1.807, 2.05) is 0 Å². The van der Waals surface area contributed by atoms with Gasteiger partial charge in [-0.25, -0.2) is 22.5 Å². The Balaban J connectivity index is 1.47. The van der Waals surface area contributed by atoms with Crippen LogP contribution >= 0.6 is 11.6 Å². The quantitative estimate of drug-likeness (QED) is 0.0850. The molecule has 4 aromatic rings. The van der Waals surface area contributed by atoms with Crippen molar-refractivity contribution in [2.24, 2.45) is 17.8 Å². The number of aryl methyl sites for hydroxylation is 1. The van der Waals surface area contributed by atoms with Gasteiger partial charge in [0.1, 0.15) is 35.2 Å². The van der Waals surface area contributed by atoms with E-state index in [9.17, 15) is 41.0 Å². The molecule has 306 valence electrons. The molecule has 18 heteroatoms. The van der Waals surface area contributed by atoms with Crippen LogP contribution in [-0.4, -0.2) is 74.5 Å². The van der Waals surface area contributed by atoms with Gasteiger partial charge in [-0.3, -0.25) is 19.3 Å². The molecular weight excluding hydrogens is 790 g/mol. The van der Waals surface area contributed by atoms with Crippen LogP contribution in [0.5, 0.6) is 0 Å². The summed E-state index contributed by atoms with van der Waals surface area (Å²) in [5.41, 5.74) is 2.79. The van der Waals surface area contributed by atoms with Gasteiger partial charge < -0.3 is 26.8 Å². The molecule has 0 saturated heterocycles. The van der Waals surface area contributed by atoms with Crippen molar-refractivity contribution in [3.05, 3.63) is 87.3 Å². The molecule has 6 rings (SSSR count). The first-order valence-corrected chi connectivity index (χ1v) is 18.6. The Morgan fingerprint density at radius 1 is 1.10 bits per heavy atom. The van der Waals surface area contributed by atoms with Gasteiger partial charge in [0.25, 0.3) is 12.3 Å². The monoisotopic (exact) mass is 828 g/mol. The maximum atomic E-state index is 14.8. The summed E-state index contributed by atoms with van der Waals surface area (Å²) in [7, 11) is 1.62. The number of amides is 2. The lowest BCUT2D eigenvalue weighted by Crippen LogP contribution is -2.34. The van der Waals surface area contributed by atoms with Crippen molar-refractivity contribution in [3.63, 3.8) is 0 Å². The van der Waals surface area contributed by atoms with E-state index in [-0.39, 0.29) is 52.7 Å². The summed E-state index contributed by atoms with van der Waals surface area (Å²) in [5.74, 6) is -1.19. The highest BCUT2D eigenvalue weighted by Crippen LogP contribution is 2.40. The third-order valence-corrected chi connectivity index (χ3v) is 9.66. The number of nitrogens with one attached hydrogen (secondary N) is 3. The largest absolute Gasteiger partial charge is 0.397 e. The molecule has 58 heavy (non-hydrogen) atoms. The molecule has 2 aromatic heterocycles. The zero-order valence-electron chi connectivity index (χ0n) is 31.5. The second-order valence-electron chi connectivity index (χ2n) is 14.6. The summed E-state index contributed by atoms with van der Waals surface area (Å²) < 4.78 is 87.1. The molecule has 6 N–H and O–H groups in total. The minimum Gasteiger partial charge on any atom is -0.397 e. The number of rotatable bonds is 12. The Kier molecular flexibility index (Phi) is 12.2. The first-order valence-electron chi connectivity index (χ1n) is 18.2.